The number of hydrogen-bond acceptors (Lipinski definition) is 2. The van der Waals surface area contributed by atoms with Crippen molar-refractivity contribution in [1.29, 1.82) is 0 Å². The lowest BCUT2D eigenvalue weighted by Crippen LogP contribution is -2.08. The van der Waals surface area contributed by atoms with E-state index >= 15 is 0 Å². The van der Waals surface area contributed by atoms with E-state index in [9.17, 15) is 9.90 Å². The Morgan fingerprint density at radius 1 is 1.43 bits per heavy atom. The van der Waals surface area contributed by atoms with Gasteiger partial charge in [-0.15, -0.1) is 0 Å². The smallest absolute Gasteiger partial charge is 0.133 e. The van der Waals surface area contributed by atoms with Crippen LogP contribution in [0.5, 0.6) is 0 Å². The number of carbonyl (C=O) groups is 1. The standard InChI is InChI=1S/C12H12O2/c1-10(13)9-12(14)8-7-11-5-3-2-4-6-11/h2-6,12,14H,9H2,1H3/t12-/m0/s1. The molecule has 72 valence electrons. The summed E-state index contributed by atoms with van der Waals surface area (Å²) in [5, 5.41) is 9.29. The molecular weight excluding hydrogens is 176 g/mol. The highest BCUT2D eigenvalue weighted by atomic mass is 16.3. The molecule has 0 aliphatic carbocycles. The van der Waals surface area contributed by atoms with Crippen molar-refractivity contribution in [2.75, 3.05) is 0 Å². The number of rotatable bonds is 2. The Labute approximate surface area is 83.6 Å². The second-order valence-electron chi connectivity index (χ2n) is 3.06. The van der Waals surface area contributed by atoms with Gasteiger partial charge in [-0.25, -0.2) is 0 Å². The average molecular weight is 188 g/mol. The lowest BCUT2D eigenvalue weighted by atomic mass is 10.1. The summed E-state index contributed by atoms with van der Waals surface area (Å²) in [4.78, 5) is 10.6. The van der Waals surface area contributed by atoms with E-state index in [2.05, 4.69) is 11.8 Å². The van der Waals surface area contributed by atoms with Crippen molar-refractivity contribution in [2.45, 2.75) is 19.4 Å². The molecule has 2 heteroatoms. The topological polar surface area (TPSA) is 37.3 Å². The molecule has 1 atom stereocenters. The maximum absolute atomic E-state index is 10.6. The van der Waals surface area contributed by atoms with Gasteiger partial charge in [0.1, 0.15) is 11.9 Å². The number of benzene rings is 1. The van der Waals surface area contributed by atoms with E-state index in [0.29, 0.717) is 0 Å². The van der Waals surface area contributed by atoms with Gasteiger partial charge in [0.05, 0.1) is 0 Å². The van der Waals surface area contributed by atoms with E-state index in [0.717, 1.165) is 5.56 Å². The van der Waals surface area contributed by atoms with E-state index in [4.69, 9.17) is 0 Å². The van der Waals surface area contributed by atoms with Crippen LogP contribution < -0.4 is 0 Å². The van der Waals surface area contributed by atoms with Crippen LogP contribution in [-0.4, -0.2) is 17.0 Å². The van der Waals surface area contributed by atoms with Crippen LogP contribution in [0, 0.1) is 11.8 Å². The maximum Gasteiger partial charge on any atom is 0.133 e. The Kier molecular flexibility index (Phi) is 3.90. The van der Waals surface area contributed by atoms with Gasteiger partial charge in [-0.1, -0.05) is 30.0 Å². The fourth-order valence-electron chi connectivity index (χ4n) is 1.01. The summed E-state index contributed by atoms with van der Waals surface area (Å²) in [5.74, 6) is 5.36. The lowest BCUT2D eigenvalue weighted by Gasteiger charge is -1.97. The summed E-state index contributed by atoms with van der Waals surface area (Å²) in [6.07, 6.45) is -0.757. The third kappa shape index (κ3) is 3.88. The second-order valence-corrected chi connectivity index (χ2v) is 3.06. The largest absolute Gasteiger partial charge is 0.380 e. The highest BCUT2D eigenvalue weighted by Gasteiger charge is 2.01. The van der Waals surface area contributed by atoms with Crippen LogP contribution in [0.25, 0.3) is 0 Å². The third-order valence-corrected chi connectivity index (χ3v) is 1.64. The lowest BCUT2D eigenvalue weighted by molar-refractivity contribution is -0.118. The third-order valence-electron chi connectivity index (χ3n) is 1.64. The fourth-order valence-corrected chi connectivity index (χ4v) is 1.01. The van der Waals surface area contributed by atoms with Crippen molar-refractivity contribution >= 4 is 5.78 Å². The Morgan fingerprint density at radius 2 is 2.07 bits per heavy atom. The van der Waals surface area contributed by atoms with E-state index in [1.807, 2.05) is 30.3 Å². The minimum atomic E-state index is -0.854. The Hall–Kier alpha value is -1.59. The highest BCUT2D eigenvalue weighted by molar-refractivity contribution is 5.76. The second kappa shape index (κ2) is 5.21. The van der Waals surface area contributed by atoms with Crippen LogP contribution in [-0.2, 0) is 4.79 Å². The molecular formula is C12H12O2. The molecule has 1 aromatic carbocycles. The van der Waals surface area contributed by atoms with Gasteiger partial charge in [-0.3, -0.25) is 4.79 Å². The Balaban J connectivity index is 2.60. The molecule has 0 amide bonds. The molecule has 0 aromatic heterocycles. The van der Waals surface area contributed by atoms with Crippen LogP contribution >= 0.6 is 0 Å². The van der Waals surface area contributed by atoms with Gasteiger partial charge in [-0.2, -0.15) is 0 Å². The summed E-state index contributed by atoms with van der Waals surface area (Å²) in [7, 11) is 0. The maximum atomic E-state index is 10.6. The van der Waals surface area contributed by atoms with E-state index in [1.54, 1.807) is 0 Å². The Morgan fingerprint density at radius 3 is 2.64 bits per heavy atom. The molecule has 0 heterocycles. The number of Topliss-reactive ketones (excluding diaryl/α,β-unsaturated/α-hetero) is 1. The van der Waals surface area contributed by atoms with E-state index < -0.39 is 6.10 Å². The van der Waals surface area contributed by atoms with Crippen molar-refractivity contribution < 1.29 is 9.90 Å². The van der Waals surface area contributed by atoms with Crippen molar-refractivity contribution in [3.8, 4) is 11.8 Å². The number of carbonyl (C=O) groups excluding carboxylic acids is 1. The molecule has 1 aromatic rings. The molecule has 0 aliphatic heterocycles. The van der Waals surface area contributed by atoms with Crippen LogP contribution in [0.1, 0.15) is 18.9 Å². The normalized spacial score (nSPS) is 11.3. The SMILES string of the molecule is CC(=O)C[C@@H](O)C#Cc1ccccc1. The van der Waals surface area contributed by atoms with Crippen molar-refractivity contribution in [1.82, 2.24) is 0 Å². The van der Waals surface area contributed by atoms with Gasteiger partial charge in [-0.05, 0) is 19.1 Å². The number of ketones is 1. The van der Waals surface area contributed by atoms with E-state index in [1.165, 1.54) is 6.92 Å². The minimum Gasteiger partial charge on any atom is -0.380 e. The zero-order valence-corrected chi connectivity index (χ0v) is 8.03. The molecule has 0 saturated carbocycles. The summed E-state index contributed by atoms with van der Waals surface area (Å²) in [5.41, 5.74) is 0.843. The monoisotopic (exact) mass is 188 g/mol. The zero-order valence-electron chi connectivity index (χ0n) is 8.03. The van der Waals surface area contributed by atoms with Gasteiger partial charge in [0.15, 0.2) is 0 Å². The molecule has 2 nitrogen and oxygen atoms in total. The van der Waals surface area contributed by atoms with Crippen LogP contribution in [0.15, 0.2) is 30.3 Å². The highest BCUT2D eigenvalue weighted by Crippen LogP contribution is 1.96. The predicted molar refractivity (Wildman–Crippen MR) is 54.6 cm³/mol. The van der Waals surface area contributed by atoms with Gasteiger partial charge < -0.3 is 5.11 Å². The first-order chi connectivity index (χ1) is 6.68. The predicted octanol–water partition coefficient (Wildman–Crippen LogP) is 1.38. The minimum absolute atomic E-state index is 0.0557. The van der Waals surface area contributed by atoms with Gasteiger partial charge in [0.2, 0.25) is 0 Å². The molecule has 0 fully saturated rings. The first-order valence-electron chi connectivity index (χ1n) is 4.42. The summed E-state index contributed by atoms with van der Waals surface area (Å²) in [6.45, 7) is 1.44. The van der Waals surface area contributed by atoms with Gasteiger partial charge >= 0.3 is 0 Å². The number of aliphatic hydroxyl groups is 1. The summed E-state index contributed by atoms with van der Waals surface area (Å²) in [6, 6.07) is 9.36. The molecule has 1 N–H and O–H groups in total. The quantitative estimate of drug-likeness (QED) is 0.712. The molecule has 0 spiro atoms. The number of hydrogen-bond donors (Lipinski definition) is 1. The first-order valence-corrected chi connectivity index (χ1v) is 4.42. The molecule has 0 unspecified atom stereocenters. The Bertz CT molecular complexity index is 357. The van der Waals surface area contributed by atoms with Gasteiger partial charge in [0, 0.05) is 12.0 Å². The summed E-state index contributed by atoms with van der Waals surface area (Å²) < 4.78 is 0. The fraction of sp³-hybridized carbons (Fsp3) is 0.250. The van der Waals surface area contributed by atoms with Crippen LogP contribution in [0.4, 0.5) is 0 Å². The molecule has 0 aliphatic rings. The molecule has 1 rings (SSSR count). The van der Waals surface area contributed by atoms with Crippen molar-refractivity contribution in [3.63, 3.8) is 0 Å². The zero-order chi connectivity index (χ0) is 10.4. The molecule has 14 heavy (non-hydrogen) atoms. The van der Waals surface area contributed by atoms with Crippen molar-refractivity contribution in [3.05, 3.63) is 35.9 Å². The summed E-state index contributed by atoms with van der Waals surface area (Å²) >= 11 is 0. The average Bonchev–Trinajstić information content (AvgIpc) is 2.15. The molecule has 0 saturated heterocycles. The van der Waals surface area contributed by atoms with Crippen LogP contribution in [0.2, 0.25) is 0 Å². The number of aliphatic hydroxyl groups excluding tert-OH is 1. The van der Waals surface area contributed by atoms with Crippen LogP contribution in [0.3, 0.4) is 0 Å². The van der Waals surface area contributed by atoms with E-state index in [-0.39, 0.29) is 12.2 Å². The molecule has 0 radical (unpaired) electrons. The van der Waals surface area contributed by atoms with Crippen molar-refractivity contribution in [2.24, 2.45) is 0 Å². The van der Waals surface area contributed by atoms with Gasteiger partial charge in [0.25, 0.3) is 0 Å². The first kappa shape index (κ1) is 10.5. The molecule has 0 bridgehead atoms.